The van der Waals surface area contributed by atoms with Crippen LogP contribution in [0.1, 0.15) is 26.2 Å². The van der Waals surface area contributed by atoms with Crippen molar-refractivity contribution in [3.63, 3.8) is 0 Å². The summed E-state index contributed by atoms with van der Waals surface area (Å²) >= 11 is 5.96. The molecule has 0 saturated carbocycles. The largest absolute Gasteiger partial charge is 0.480 e. The number of fused-ring (bicyclic) bond motifs is 1. The zero-order valence-electron chi connectivity index (χ0n) is 15.9. The predicted octanol–water partition coefficient (Wildman–Crippen LogP) is 3.53. The first-order chi connectivity index (χ1) is 13.4. The number of hydrogen-bond donors (Lipinski definition) is 1. The molecule has 28 heavy (non-hydrogen) atoms. The quantitative estimate of drug-likeness (QED) is 0.583. The molecule has 0 saturated heterocycles. The van der Waals surface area contributed by atoms with Crippen LogP contribution in [-0.2, 0) is 11.3 Å². The minimum Gasteiger partial charge on any atom is -0.480 e. The predicted molar refractivity (Wildman–Crippen MR) is 110 cm³/mol. The molecule has 0 aliphatic carbocycles. The lowest BCUT2D eigenvalue weighted by atomic mass is 10.2. The summed E-state index contributed by atoms with van der Waals surface area (Å²) in [4.78, 5) is 30.1. The Kier molecular flexibility index (Phi) is 6.04. The topological polar surface area (TPSA) is 79.8 Å². The summed E-state index contributed by atoms with van der Waals surface area (Å²) in [5.74, 6) is 0.0881. The van der Waals surface area contributed by atoms with Crippen molar-refractivity contribution in [2.24, 2.45) is 0 Å². The van der Waals surface area contributed by atoms with Crippen molar-refractivity contribution in [1.29, 1.82) is 0 Å². The van der Waals surface area contributed by atoms with Crippen molar-refractivity contribution in [2.45, 2.75) is 32.7 Å². The van der Waals surface area contributed by atoms with E-state index in [9.17, 15) is 9.59 Å². The third-order valence-corrected chi connectivity index (χ3v) is 4.84. The Morgan fingerprint density at radius 1 is 1.25 bits per heavy atom. The molecule has 3 aromatic rings. The summed E-state index contributed by atoms with van der Waals surface area (Å²) in [5.41, 5.74) is 1.27. The highest BCUT2D eigenvalue weighted by molar-refractivity contribution is 6.30. The monoisotopic (exact) mass is 402 g/mol. The standard InChI is InChI=1S/C20H23ClN4O3/c1-3-4-5-10-24-17(23(2)13-19(27)28)11-18(26)25-12-16(22-20(24)25)14-6-8-15(21)9-7-14/h6-9,11-12H,3-5,10,13H2,1-2H3,(H,27,28). The normalized spacial score (nSPS) is 11.1. The molecule has 0 radical (unpaired) electrons. The van der Waals surface area contributed by atoms with Crippen LogP contribution in [0.25, 0.3) is 17.0 Å². The average molecular weight is 403 g/mol. The molecule has 0 aliphatic rings. The number of nitrogens with zero attached hydrogens (tertiary/aromatic N) is 4. The van der Waals surface area contributed by atoms with E-state index >= 15 is 0 Å². The second-order valence-corrected chi connectivity index (χ2v) is 7.19. The molecule has 1 aromatic carbocycles. The second-order valence-electron chi connectivity index (χ2n) is 6.75. The lowest BCUT2D eigenvalue weighted by Gasteiger charge is -2.22. The summed E-state index contributed by atoms with van der Waals surface area (Å²) in [6, 6.07) is 8.73. The van der Waals surface area contributed by atoms with Gasteiger partial charge in [0.2, 0.25) is 5.78 Å². The molecule has 0 spiro atoms. The molecule has 0 aliphatic heterocycles. The van der Waals surface area contributed by atoms with Crippen LogP contribution in [-0.4, -0.2) is 38.6 Å². The van der Waals surface area contributed by atoms with Crippen LogP contribution >= 0.6 is 11.6 Å². The van der Waals surface area contributed by atoms with Crippen molar-refractivity contribution in [3.05, 3.63) is 51.9 Å². The third-order valence-electron chi connectivity index (χ3n) is 4.58. The van der Waals surface area contributed by atoms with Crippen LogP contribution in [0, 0.1) is 0 Å². The van der Waals surface area contributed by atoms with E-state index in [-0.39, 0.29) is 12.1 Å². The van der Waals surface area contributed by atoms with E-state index < -0.39 is 5.97 Å². The van der Waals surface area contributed by atoms with Crippen LogP contribution < -0.4 is 10.5 Å². The highest BCUT2D eigenvalue weighted by Crippen LogP contribution is 2.23. The van der Waals surface area contributed by atoms with Gasteiger partial charge in [0, 0.05) is 36.4 Å². The number of imidazole rings is 1. The van der Waals surface area contributed by atoms with Crippen molar-refractivity contribution in [3.8, 4) is 11.3 Å². The molecular formula is C20H23ClN4O3. The average Bonchev–Trinajstić information content (AvgIpc) is 3.09. The van der Waals surface area contributed by atoms with Crippen molar-refractivity contribution in [2.75, 3.05) is 18.5 Å². The fraction of sp³-hybridized carbons (Fsp3) is 0.350. The highest BCUT2D eigenvalue weighted by Gasteiger charge is 2.17. The second kappa shape index (κ2) is 8.48. The van der Waals surface area contributed by atoms with Crippen LogP contribution in [0.5, 0.6) is 0 Å². The van der Waals surface area contributed by atoms with Gasteiger partial charge in [-0.25, -0.2) is 4.98 Å². The molecule has 148 valence electrons. The van der Waals surface area contributed by atoms with E-state index in [4.69, 9.17) is 16.7 Å². The van der Waals surface area contributed by atoms with E-state index in [0.717, 1.165) is 24.8 Å². The zero-order chi connectivity index (χ0) is 20.3. The number of halogens is 1. The number of anilines is 1. The Balaban J connectivity index is 2.14. The fourth-order valence-corrected chi connectivity index (χ4v) is 3.30. The molecule has 0 bridgehead atoms. The molecule has 0 unspecified atom stereocenters. The lowest BCUT2D eigenvalue weighted by Crippen LogP contribution is -2.31. The summed E-state index contributed by atoms with van der Waals surface area (Å²) in [6.45, 7) is 2.56. The summed E-state index contributed by atoms with van der Waals surface area (Å²) in [5, 5.41) is 9.78. The fourth-order valence-electron chi connectivity index (χ4n) is 3.18. The molecular weight excluding hydrogens is 380 g/mol. The maximum absolute atomic E-state index is 12.7. The lowest BCUT2D eigenvalue weighted by molar-refractivity contribution is -0.135. The smallest absolute Gasteiger partial charge is 0.323 e. The number of carboxylic acid groups (broad SMARTS) is 1. The number of hydrogen-bond acceptors (Lipinski definition) is 4. The molecule has 3 rings (SSSR count). The molecule has 2 heterocycles. The number of rotatable bonds is 8. The molecule has 1 N–H and O–H groups in total. The van der Waals surface area contributed by atoms with Gasteiger partial charge in [-0.05, 0) is 18.6 Å². The van der Waals surface area contributed by atoms with Crippen molar-refractivity contribution >= 4 is 29.2 Å². The van der Waals surface area contributed by atoms with Crippen molar-refractivity contribution < 1.29 is 9.90 Å². The van der Waals surface area contributed by atoms with E-state index in [1.165, 1.54) is 10.5 Å². The number of unbranched alkanes of at least 4 members (excludes halogenated alkanes) is 2. The van der Waals surface area contributed by atoms with Gasteiger partial charge in [-0.15, -0.1) is 0 Å². The SMILES string of the molecule is CCCCCn1c(N(C)CC(=O)O)cc(=O)n2cc(-c3ccc(Cl)cc3)nc12. The molecule has 0 amide bonds. The van der Waals surface area contributed by atoms with Gasteiger partial charge in [-0.2, -0.15) is 0 Å². The summed E-state index contributed by atoms with van der Waals surface area (Å²) < 4.78 is 3.42. The number of aliphatic carboxylic acids is 1. The minimum absolute atomic E-state index is 0.200. The van der Waals surface area contributed by atoms with E-state index in [0.29, 0.717) is 28.9 Å². The number of aromatic nitrogens is 3. The van der Waals surface area contributed by atoms with Gasteiger partial charge < -0.3 is 10.0 Å². The maximum atomic E-state index is 12.7. The van der Waals surface area contributed by atoms with Gasteiger partial charge in [-0.1, -0.05) is 43.5 Å². The minimum atomic E-state index is -0.958. The zero-order valence-corrected chi connectivity index (χ0v) is 16.7. The van der Waals surface area contributed by atoms with E-state index in [1.807, 2.05) is 16.7 Å². The highest BCUT2D eigenvalue weighted by atomic mass is 35.5. The Morgan fingerprint density at radius 2 is 1.96 bits per heavy atom. The van der Waals surface area contributed by atoms with Crippen molar-refractivity contribution in [1.82, 2.24) is 14.0 Å². The Labute approximate surface area is 167 Å². The number of aryl methyl sites for hydroxylation is 1. The number of carboxylic acids is 1. The number of benzene rings is 1. The van der Waals surface area contributed by atoms with Gasteiger partial charge in [-0.3, -0.25) is 18.6 Å². The maximum Gasteiger partial charge on any atom is 0.323 e. The Morgan fingerprint density at radius 3 is 2.61 bits per heavy atom. The van der Waals surface area contributed by atoms with Gasteiger partial charge >= 0.3 is 5.97 Å². The molecule has 7 nitrogen and oxygen atoms in total. The van der Waals surface area contributed by atoms with E-state index in [2.05, 4.69) is 11.9 Å². The molecule has 0 fully saturated rings. The number of carbonyl (C=O) groups is 1. The summed E-state index contributed by atoms with van der Waals surface area (Å²) in [6.07, 6.45) is 4.71. The molecule has 2 aromatic heterocycles. The first kappa shape index (κ1) is 19.9. The first-order valence-electron chi connectivity index (χ1n) is 9.22. The van der Waals surface area contributed by atoms with Crippen LogP contribution in [0.4, 0.5) is 5.82 Å². The third kappa shape index (κ3) is 4.20. The Bertz CT molecular complexity index is 1040. The molecule has 0 atom stereocenters. The molecule has 8 heteroatoms. The van der Waals surface area contributed by atoms with Gasteiger partial charge in [0.05, 0.1) is 5.69 Å². The Hall–Kier alpha value is -2.80. The van der Waals surface area contributed by atoms with E-state index in [1.54, 1.807) is 30.3 Å². The number of likely N-dealkylation sites (N-methyl/N-ethyl adjacent to an activating group) is 1. The van der Waals surface area contributed by atoms with Gasteiger partial charge in [0.1, 0.15) is 12.4 Å². The van der Waals surface area contributed by atoms with Crippen LogP contribution in [0.15, 0.2) is 41.3 Å². The van der Waals surface area contributed by atoms with Crippen LogP contribution in [0.3, 0.4) is 0 Å². The van der Waals surface area contributed by atoms with Gasteiger partial charge in [0.15, 0.2) is 0 Å². The first-order valence-corrected chi connectivity index (χ1v) is 9.60. The van der Waals surface area contributed by atoms with Gasteiger partial charge in [0.25, 0.3) is 5.56 Å². The van der Waals surface area contributed by atoms with Crippen LogP contribution in [0.2, 0.25) is 5.02 Å². The summed E-state index contributed by atoms with van der Waals surface area (Å²) in [7, 11) is 1.67.